The summed E-state index contributed by atoms with van der Waals surface area (Å²) < 4.78 is 11.4. The van der Waals surface area contributed by atoms with E-state index in [1.165, 1.54) is 4.88 Å². The largest absolute Gasteiger partial charge is 0.340 e. The molecule has 4 nitrogen and oxygen atoms in total. The zero-order chi connectivity index (χ0) is 15.5. The number of thiophene rings is 1. The first-order valence-corrected chi connectivity index (χ1v) is 9.59. The first-order valence-electron chi connectivity index (χ1n) is 7.05. The fourth-order valence-electron chi connectivity index (χ4n) is 2.29. The van der Waals surface area contributed by atoms with Crippen LogP contribution in [0.1, 0.15) is 17.4 Å². The van der Waals surface area contributed by atoms with Crippen molar-refractivity contribution < 1.29 is 4.21 Å². The van der Waals surface area contributed by atoms with Crippen molar-refractivity contribution >= 4 is 43.9 Å². The van der Waals surface area contributed by atoms with Crippen LogP contribution in [-0.4, -0.2) is 20.4 Å². The first-order chi connectivity index (χ1) is 10.7. The Balaban J connectivity index is 1.92. The van der Waals surface area contributed by atoms with E-state index in [1.54, 1.807) is 23.9 Å². The molecule has 0 saturated carbocycles. The average molecular weight is 331 g/mol. The van der Waals surface area contributed by atoms with Crippen molar-refractivity contribution in [2.45, 2.75) is 19.1 Å². The Bertz CT molecular complexity index is 829. The minimum absolute atomic E-state index is 0.563. The molecule has 0 aliphatic rings. The summed E-state index contributed by atoms with van der Waals surface area (Å²) >= 11 is 1.70. The SMILES string of the molecule is CCc1cc2c(Nc3cccc(CS(C)=O)c3)ncnc2s1. The maximum Gasteiger partial charge on any atom is 0.142 e. The number of aryl methyl sites for hydroxylation is 1. The highest BCUT2D eigenvalue weighted by Gasteiger charge is 2.08. The molecule has 6 heteroatoms. The van der Waals surface area contributed by atoms with Crippen LogP contribution >= 0.6 is 11.3 Å². The van der Waals surface area contributed by atoms with Gasteiger partial charge >= 0.3 is 0 Å². The molecule has 0 fully saturated rings. The third kappa shape index (κ3) is 3.34. The van der Waals surface area contributed by atoms with Crippen LogP contribution < -0.4 is 5.32 Å². The summed E-state index contributed by atoms with van der Waals surface area (Å²) in [5, 5.41) is 4.40. The second kappa shape index (κ2) is 6.54. The van der Waals surface area contributed by atoms with Gasteiger partial charge in [-0.2, -0.15) is 0 Å². The summed E-state index contributed by atoms with van der Waals surface area (Å²) in [6.45, 7) is 2.14. The number of anilines is 2. The summed E-state index contributed by atoms with van der Waals surface area (Å²) in [7, 11) is -0.843. The number of hydrogen-bond acceptors (Lipinski definition) is 5. The van der Waals surface area contributed by atoms with Crippen LogP contribution in [0.25, 0.3) is 10.2 Å². The van der Waals surface area contributed by atoms with E-state index in [1.807, 2.05) is 24.3 Å². The van der Waals surface area contributed by atoms with Gasteiger partial charge in [0.1, 0.15) is 17.0 Å². The van der Waals surface area contributed by atoms with Crippen molar-refractivity contribution in [3.63, 3.8) is 0 Å². The van der Waals surface area contributed by atoms with Gasteiger partial charge in [-0.05, 0) is 30.2 Å². The molecule has 0 aliphatic heterocycles. The normalized spacial score (nSPS) is 12.5. The molecule has 0 aliphatic carbocycles. The maximum atomic E-state index is 11.4. The number of aromatic nitrogens is 2. The van der Waals surface area contributed by atoms with Gasteiger partial charge in [0, 0.05) is 33.4 Å². The molecule has 2 aromatic heterocycles. The summed E-state index contributed by atoms with van der Waals surface area (Å²) in [6, 6.07) is 10.1. The van der Waals surface area contributed by atoms with E-state index >= 15 is 0 Å². The molecule has 0 radical (unpaired) electrons. The van der Waals surface area contributed by atoms with E-state index < -0.39 is 10.8 Å². The highest BCUT2D eigenvalue weighted by molar-refractivity contribution is 7.83. The Morgan fingerprint density at radius 2 is 2.14 bits per heavy atom. The fourth-order valence-corrected chi connectivity index (χ4v) is 3.87. The number of rotatable bonds is 5. The molecule has 1 unspecified atom stereocenters. The second-order valence-electron chi connectivity index (χ2n) is 5.05. The molecule has 22 heavy (non-hydrogen) atoms. The molecule has 114 valence electrons. The van der Waals surface area contributed by atoms with Crippen molar-refractivity contribution in [2.24, 2.45) is 0 Å². The maximum absolute atomic E-state index is 11.4. The minimum Gasteiger partial charge on any atom is -0.340 e. The van der Waals surface area contributed by atoms with Gasteiger partial charge in [-0.3, -0.25) is 4.21 Å². The van der Waals surface area contributed by atoms with Crippen molar-refractivity contribution in [3.05, 3.63) is 47.1 Å². The van der Waals surface area contributed by atoms with Crippen LogP contribution in [0.2, 0.25) is 0 Å². The Morgan fingerprint density at radius 3 is 2.91 bits per heavy atom. The minimum atomic E-state index is -0.843. The Labute approximate surface area is 136 Å². The van der Waals surface area contributed by atoms with Crippen LogP contribution in [0.4, 0.5) is 11.5 Å². The van der Waals surface area contributed by atoms with Crippen LogP contribution in [0.3, 0.4) is 0 Å². The Hall–Kier alpha value is -1.79. The van der Waals surface area contributed by atoms with Crippen molar-refractivity contribution in [2.75, 3.05) is 11.6 Å². The van der Waals surface area contributed by atoms with E-state index in [4.69, 9.17) is 0 Å². The van der Waals surface area contributed by atoms with Crippen molar-refractivity contribution in [3.8, 4) is 0 Å². The summed E-state index contributed by atoms with van der Waals surface area (Å²) in [5.74, 6) is 1.38. The summed E-state index contributed by atoms with van der Waals surface area (Å²) in [5.41, 5.74) is 2.00. The monoisotopic (exact) mass is 331 g/mol. The number of nitrogens with zero attached hydrogens (tertiary/aromatic N) is 2. The average Bonchev–Trinajstić information content (AvgIpc) is 2.91. The third-order valence-electron chi connectivity index (χ3n) is 3.29. The Kier molecular flexibility index (Phi) is 4.49. The molecule has 1 aromatic carbocycles. The van der Waals surface area contributed by atoms with E-state index in [0.29, 0.717) is 5.75 Å². The van der Waals surface area contributed by atoms with Crippen LogP contribution in [0.15, 0.2) is 36.7 Å². The zero-order valence-electron chi connectivity index (χ0n) is 12.5. The molecule has 3 rings (SSSR count). The number of hydrogen-bond donors (Lipinski definition) is 1. The summed E-state index contributed by atoms with van der Waals surface area (Å²) in [6.07, 6.45) is 4.30. The molecule has 1 atom stereocenters. The van der Waals surface area contributed by atoms with E-state index in [0.717, 1.165) is 33.7 Å². The van der Waals surface area contributed by atoms with Crippen molar-refractivity contribution in [1.82, 2.24) is 9.97 Å². The quantitative estimate of drug-likeness (QED) is 0.771. The molecular weight excluding hydrogens is 314 g/mol. The molecule has 0 amide bonds. The van der Waals surface area contributed by atoms with Crippen LogP contribution in [0, 0.1) is 0 Å². The fraction of sp³-hybridized carbons (Fsp3) is 0.250. The number of nitrogens with one attached hydrogen (secondary N) is 1. The second-order valence-corrected chi connectivity index (χ2v) is 7.60. The highest BCUT2D eigenvalue weighted by atomic mass is 32.2. The lowest BCUT2D eigenvalue weighted by molar-refractivity contribution is 0.686. The van der Waals surface area contributed by atoms with Gasteiger partial charge in [0.15, 0.2) is 0 Å². The predicted molar refractivity (Wildman–Crippen MR) is 94.3 cm³/mol. The van der Waals surface area contributed by atoms with Gasteiger partial charge in [-0.25, -0.2) is 9.97 Å². The number of benzene rings is 1. The molecule has 2 heterocycles. The molecular formula is C16H17N3OS2. The smallest absolute Gasteiger partial charge is 0.142 e. The van der Waals surface area contributed by atoms with E-state index in [-0.39, 0.29) is 0 Å². The third-order valence-corrected chi connectivity index (χ3v) is 5.22. The predicted octanol–water partition coefficient (Wildman–Crippen LogP) is 3.88. The molecule has 0 bridgehead atoms. The lowest BCUT2D eigenvalue weighted by Crippen LogP contribution is -1.97. The topological polar surface area (TPSA) is 54.9 Å². The van der Waals surface area contributed by atoms with Gasteiger partial charge in [0.25, 0.3) is 0 Å². The summed E-state index contributed by atoms with van der Waals surface area (Å²) in [4.78, 5) is 11.0. The van der Waals surface area contributed by atoms with Gasteiger partial charge < -0.3 is 5.32 Å². The standard InChI is InChI=1S/C16H17N3OS2/c1-3-13-8-14-15(17-10-18-16(14)21-13)19-12-6-4-5-11(7-12)9-22(2)20/h4-8,10H,3,9H2,1-2H3,(H,17,18,19). The lowest BCUT2D eigenvalue weighted by Gasteiger charge is -2.08. The van der Waals surface area contributed by atoms with Gasteiger partial charge in [0.2, 0.25) is 0 Å². The number of fused-ring (bicyclic) bond motifs is 1. The van der Waals surface area contributed by atoms with E-state index in [2.05, 4.69) is 28.3 Å². The van der Waals surface area contributed by atoms with Crippen LogP contribution in [-0.2, 0) is 23.0 Å². The van der Waals surface area contributed by atoms with E-state index in [9.17, 15) is 4.21 Å². The molecule has 0 saturated heterocycles. The van der Waals surface area contributed by atoms with Gasteiger partial charge in [-0.15, -0.1) is 11.3 Å². The van der Waals surface area contributed by atoms with Crippen LogP contribution in [0.5, 0.6) is 0 Å². The first kappa shape index (κ1) is 15.1. The van der Waals surface area contributed by atoms with Gasteiger partial charge in [-0.1, -0.05) is 19.1 Å². The molecule has 3 aromatic rings. The van der Waals surface area contributed by atoms with Crippen molar-refractivity contribution in [1.29, 1.82) is 0 Å². The van der Waals surface area contributed by atoms with Gasteiger partial charge in [0.05, 0.1) is 5.39 Å². The molecule has 1 N–H and O–H groups in total. The highest BCUT2D eigenvalue weighted by Crippen LogP contribution is 2.30. The zero-order valence-corrected chi connectivity index (χ0v) is 14.1. The lowest BCUT2D eigenvalue weighted by atomic mass is 10.2. The Morgan fingerprint density at radius 1 is 1.27 bits per heavy atom. The molecule has 0 spiro atoms.